The number of carbonyl (C=O) groups is 2. The highest BCUT2D eigenvalue weighted by Crippen LogP contribution is 2.47. The second-order valence-electron chi connectivity index (χ2n) is 11.5. The van der Waals surface area contributed by atoms with Crippen molar-refractivity contribution in [1.82, 2.24) is 9.80 Å². The number of fused-ring (bicyclic) bond motifs is 1. The zero-order valence-corrected chi connectivity index (χ0v) is 24.7. The molecular weight excluding hydrogens is 506 g/mol. The van der Waals surface area contributed by atoms with Gasteiger partial charge < -0.3 is 24.9 Å². The van der Waals surface area contributed by atoms with Gasteiger partial charge in [-0.2, -0.15) is 0 Å². The number of carboxylic acids is 1. The van der Waals surface area contributed by atoms with Crippen LogP contribution in [0.4, 0.5) is 0 Å². The van der Waals surface area contributed by atoms with Gasteiger partial charge in [-0.05, 0) is 65.2 Å². The van der Waals surface area contributed by atoms with Gasteiger partial charge in [0.2, 0.25) is 0 Å². The highest BCUT2D eigenvalue weighted by molar-refractivity contribution is 6.23. The Morgan fingerprint density at radius 1 is 1.27 bits per heavy atom. The third-order valence-corrected chi connectivity index (χ3v) is 7.71. The van der Waals surface area contributed by atoms with Gasteiger partial charge in [0.25, 0.3) is 0 Å². The molecule has 216 valence electrons. The fourth-order valence-electron chi connectivity index (χ4n) is 5.33. The molecule has 40 heavy (non-hydrogen) atoms. The van der Waals surface area contributed by atoms with Crippen LogP contribution in [-0.4, -0.2) is 86.4 Å². The first-order valence-corrected chi connectivity index (χ1v) is 13.7. The minimum Gasteiger partial charge on any atom is -0.496 e. The highest BCUT2D eigenvalue weighted by Gasteiger charge is 2.35. The Labute approximate surface area is 238 Å². The van der Waals surface area contributed by atoms with E-state index in [1.54, 1.807) is 14.0 Å². The van der Waals surface area contributed by atoms with E-state index in [2.05, 4.69) is 37.1 Å². The summed E-state index contributed by atoms with van der Waals surface area (Å²) in [4.78, 5) is 29.1. The zero-order chi connectivity index (χ0) is 29.6. The van der Waals surface area contributed by atoms with Crippen molar-refractivity contribution in [2.24, 2.45) is 11.3 Å². The van der Waals surface area contributed by atoms with Crippen LogP contribution in [0.15, 0.2) is 48.2 Å². The van der Waals surface area contributed by atoms with E-state index in [1.807, 2.05) is 25.4 Å². The van der Waals surface area contributed by atoms with Crippen molar-refractivity contribution in [2.45, 2.75) is 34.1 Å². The number of nitrogens with one attached hydrogen (secondary N) is 1. The third kappa shape index (κ3) is 7.17. The Morgan fingerprint density at radius 3 is 2.50 bits per heavy atom. The maximum Gasteiger partial charge on any atom is 0.339 e. The summed E-state index contributed by atoms with van der Waals surface area (Å²) in [6.07, 6.45) is 6.72. The van der Waals surface area contributed by atoms with E-state index < -0.39 is 11.8 Å². The maximum absolute atomic E-state index is 13.0. The minimum absolute atomic E-state index is 0.0304. The van der Waals surface area contributed by atoms with Crippen molar-refractivity contribution >= 4 is 29.1 Å². The summed E-state index contributed by atoms with van der Waals surface area (Å²) in [5.74, 6) is -1.23. The molecule has 1 aromatic rings. The van der Waals surface area contributed by atoms with Crippen molar-refractivity contribution < 1.29 is 24.2 Å². The SMILES string of the molecule is C=C1/C(=C\C(=O)/C(=C\C)C(=O)O)c2cc(OC)c(/C(C=N)=C/N(C)CCN3CCOCC3)cc2CC1C(C)(C)C. The summed E-state index contributed by atoms with van der Waals surface area (Å²) in [5, 5.41) is 17.7. The summed E-state index contributed by atoms with van der Waals surface area (Å²) >= 11 is 0. The van der Waals surface area contributed by atoms with E-state index in [0.29, 0.717) is 23.3 Å². The fourth-order valence-corrected chi connectivity index (χ4v) is 5.33. The highest BCUT2D eigenvalue weighted by atomic mass is 16.5. The quantitative estimate of drug-likeness (QED) is 0.189. The second-order valence-corrected chi connectivity index (χ2v) is 11.5. The topological polar surface area (TPSA) is 103 Å². The number of benzene rings is 1. The molecule has 1 aromatic carbocycles. The van der Waals surface area contributed by atoms with Gasteiger partial charge in [0.1, 0.15) is 11.3 Å². The smallest absolute Gasteiger partial charge is 0.339 e. The van der Waals surface area contributed by atoms with Crippen LogP contribution in [0.25, 0.3) is 11.1 Å². The van der Waals surface area contributed by atoms with Crippen LogP contribution >= 0.6 is 0 Å². The average molecular weight is 550 g/mol. The molecular formula is C32H43N3O5. The number of aliphatic carboxylic acids is 1. The molecule has 1 aliphatic heterocycles. The van der Waals surface area contributed by atoms with Crippen LogP contribution in [-0.2, 0) is 20.7 Å². The molecule has 1 saturated heterocycles. The molecule has 1 aliphatic carbocycles. The van der Waals surface area contributed by atoms with Gasteiger partial charge in [-0.1, -0.05) is 33.4 Å². The predicted molar refractivity (Wildman–Crippen MR) is 160 cm³/mol. The van der Waals surface area contributed by atoms with Gasteiger partial charge in [-0.25, -0.2) is 4.79 Å². The van der Waals surface area contributed by atoms with Crippen molar-refractivity contribution in [2.75, 3.05) is 53.6 Å². The van der Waals surface area contributed by atoms with E-state index >= 15 is 0 Å². The van der Waals surface area contributed by atoms with Gasteiger partial charge in [-0.3, -0.25) is 9.69 Å². The first kappa shape index (κ1) is 31.0. The van der Waals surface area contributed by atoms with Gasteiger partial charge in [-0.15, -0.1) is 0 Å². The number of likely N-dealkylation sites (N-methyl/N-ethyl adjacent to an activating group) is 1. The van der Waals surface area contributed by atoms with Gasteiger partial charge in [0.15, 0.2) is 5.78 Å². The Hall–Kier alpha value is -3.49. The summed E-state index contributed by atoms with van der Waals surface area (Å²) < 4.78 is 11.2. The lowest BCUT2D eigenvalue weighted by Gasteiger charge is -2.38. The van der Waals surface area contributed by atoms with Crippen LogP contribution in [0.2, 0.25) is 0 Å². The van der Waals surface area contributed by atoms with Crippen LogP contribution in [0.5, 0.6) is 5.75 Å². The number of hydrogen-bond donors (Lipinski definition) is 2. The molecule has 1 unspecified atom stereocenters. The number of allylic oxidation sites excluding steroid dienone is 5. The van der Waals surface area contributed by atoms with E-state index in [4.69, 9.17) is 14.9 Å². The van der Waals surface area contributed by atoms with Crippen LogP contribution in [0, 0.1) is 16.7 Å². The lowest BCUT2D eigenvalue weighted by molar-refractivity contribution is -0.134. The van der Waals surface area contributed by atoms with Crippen LogP contribution < -0.4 is 4.74 Å². The van der Waals surface area contributed by atoms with Gasteiger partial charge in [0, 0.05) is 56.8 Å². The number of carbonyl (C=O) groups excluding carboxylic acids is 1. The Bertz CT molecular complexity index is 1250. The summed E-state index contributed by atoms with van der Waals surface area (Å²) in [7, 11) is 3.59. The molecule has 0 radical (unpaired) electrons. The van der Waals surface area contributed by atoms with Crippen LogP contribution in [0.3, 0.4) is 0 Å². The maximum atomic E-state index is 13.0. The molecule has 2 N–H and O–H groups in total. The van der Waals surface area contributed by atoms with E-state index in [0.717, 1.165) is 61.7 Å². The Morgan fingerprint density at radius 2 is 1.95 bits per heavy atom. The van der Waals surface area contributed by atoms with Gasteiger partial charge >= 0.3 is 5.97 Å². The standard InChI is InChI=1S/C32H43N3O5/c1-8-24(31(37)38)29(36)17-25-21(2)28(32(3,4)5)16-22-15-27(30(39-7)18-26(22)25)23(19-33)20-34(6)9-10-35-11-13-40-14-12-35/h8,15,17-20,28,33H,2,9-14,16H2,1,3-7H3,(H,37,38)/b23-20+,24-8+,25-17+,33-19?. The largest absolute Gasteiger partial charge is 0.496 e. The number of nitrogens with zero attached hydrogens (tertiary/aromatic N) is 2. The van der Waals surface area contributed by atoms with Gasteiger partial charge in [0.05, 0.1) is 20.3 Å². The molecule has 0 saturated carbocycles. The van der Waals surface area contributed by atoms with E-state index in [1.165, 1.54) is 18.4 Å². The lowest BCUT2D eigenvalue weighted by atomic mass is 9.66. The molecule has 3 rings (SSSR count). The number of morpholine rings is 1. The normalized spacial score (nSPS) is 19.8. The molecule has 0 spiro atoms. The van der Waals surface area contributed by atoms with Crippen LogP contribution in [0.1, 0.15) is 44.4 Å². The summed E-state index contributed by atoms with van der Waals surface area (Å²) in [6, 6.07) is 3.92. The molecule has 2 aliphatic rings. The molecule has 1 fully saturated rings. The van der Waals surface area contributed by atoms with Crippen molar-refractivity contribution in [1.29, 1.82) is 5.41 Å². The summed E-state index contributed by atoms with van der Waals surface area (Å²) in [6.45, 7) is 17.4. The molecule has 8 heteroatoms. The summed E-state index contributed by atoms with van der Waals surface area (Å²) in [5.41, 5.74) is 4.30. The molecule has 1 atom stereocenters. The molecule has 8 nitrogen and oxygen atoms in total. The number of ketones is 1. The second kappa shape index (κ2) is 13.2. The predicted octanol–water partition coefficient (Wildman–Crippen LogP) is 4.71. The van der Waals surface area contributed by atoms with Crippen molar-refractivity contribution in [3.8, 4) is 5.75 Å². The minimum atomic E-state index is -1.26. The number of hydrogen-bond acceptors (Lipinski definition) is 7. The average Bonchev–Trinajstić information content (AvgIpc) is 2.91. The number of rotatable bonds is 10. The molecule has 1 heterocycles. The number of methoxy groups -OCH3 is 1. The molecule has 0 bridgehead atoms. The first-order chi connectivity index (χ1) is 18.9. The fraction of sp³-hybridized carbons (Fsp3) is 0.469. The molecule has 0 aromatic heterocycles. The van der Waals surface area contributed by atoms with E-state index in [-0.39, 0.29) is 16.9 Å². The monoisotopic (exact) mass is 549 g/mol. The van der Waals surface area contributed by atoms with Crippen molar-refractivity contribution in [3.63, 3.8) is 0 Å². The number of carboxylic acid groups (broad SMARTS) is 1. The zero-order valence-electron chi connectivity index (χ0n) is 24.7. The van der Waals surface area contributed by atoms with E-state index in [9.17, 15) is 14.7 Å². The number of ether oxygens (including phenoxy) is 2. The van der Waals surface area contributed by atoms with Crippen molar-refractivity contribution in [3.05, 3.63) is 64.9 Å². The first-order valence-electron chi connectivity index (χ1n) is 13.7. The third-order valence-electron chi connectivity index (χ3n) is 7.71. The lowest BCUT2D eigenvalue weighted by Crippen LogP contribution is -2.39. The Kier molecular flexibility index (Phi) is 10.3. The Balaban J connectivity index is 2.06. The molecule has 0 amide bonds.